The number of nitrogens with zero attached hydrogens (tertiary/aromatic N) is 2. The highest BCUT2D eigenvalue weighted by atomic mass is 14.7. The minimum absolute atomic E-state index is 0.590. The second kappa shape index (κ2) is 3.54. The van der Waals surface area contributed by atoms with Crippen molar-refractivity contribution in [2.45, 2.75) is 6.92 Å². The standard InChI is InChI=1S/C9H9N3/c1-7-4-5-8(11)9(12-7)3-2-6-10/h2-5H,11H2,1H3. The van der Waals surface area contributed by atoms with Crippen molar-refractivity contribution >= 4 is 11.8 Å². The molecule has 0 aliphatic carbocycles. The largest absolute Gasteiger partial charge is 0.397 e. The van der Waals surface area contributed by atoms with Gasteiger partial charge in [0.1, 0.15) is 0 Å². The molecule has 12 heavy (non-hydrogen) atoms. The number of rotatable bonds is 1. The van der Waals surface area contributed by atoms with E-state index in [4.69, 9.17) is 11.0 Å². The zero-order chi connectivity index (χ0) is 8.97. The molecule has 0 bridgehead atoms. The predicted octanol–water partition coefficient (Wildman–Crippen LogP) is 1.51. The summed E-state index contributed by atoms with van der Waals surface area (Å²) in [5.74, 6) is 0. The highest BCUT2D eigenvalue weighted by molar-refractivity contribution is 5.61. The number of nitrogen functional groups attached to an aromatic ring is 1. The van der Waals surface area contributed by atoms with Crippen molar-refractivity contribution in [2.24, 2.45) is 0 Å². The van der Waals surface area contributed by atoms with Gasteiger partial charge in [-0.25, -0.2) is 0 Å². The maximum absolute atomic E-state index is 8.28. The van der Waals surface area contributed by atoms with Crippen LogP contribution in [0.25, 0.3) is 6.08 Å². The van der Waals surface area contributed by atoms with Gasteiger partial charge >= 0.3 is 0 Å². The van der Waals surface area contributed by atoms with E-state index in [-0.39, 0.29) is 0 Å². The number of aromatic nitrogens is 1. The van der Waals surface area contributed by atoms with Crippen LogP contribution in [0.2, 0.25) is 0 Å². The molecule has 3 heteroatoms. The van der Waals surface area contributed by atoms with Crippen molar-refractivity contribution in [1.82, 2.24) is 4.98 Å². The molecule has 1 heterocycles. The summed E-state index contributed by atoms with van der Waals surface area (Å²) in [6.07, 6.45) is 2.96. The van der Waals surface area contributed by atoms with Gasteiger partial charge in [0.05, 0.1) is 17.5 Å². The van der Waals surface area contributed by atoms with Crippen molar-refractivity contribution in [3.8, 4) is 6.07 Å². The molecular formula is C9H9N3. The first kappa shape index (κ1) is 8.28. The van der Waals surface area contributed by atoms with Crippen LogP contribution in [0, 0.1) is 18.3 Å². The minimum Gasteiger partial charge on any atom is -0.397 e. The van der Waals surface area contributed by atoms with Crippen LogP contribution >= 0.6 is 0 Å². The molecule has 0 saturated heterocycles. The summed E-state index contributed by atoms with van der Waals surface area (Å²) in [4.78, 5) is 4.15. The SMILES string of the molecule is Cc1ccc(N)c(C=CC#N)n1. The number of allylic oxidation sites excluding steroid dienone is 1. The van der Waals surface area contributed by atoms with E-state index in [0.717, 1.165) is 5.69 Å². The average molecular weight is 159 g/mol. The summed E-state index contributed by atoms with van der Waals surface area (Å²) >= 11 is 0. The lowest BCUT2D eigenvalue weighted by Crippen LogP contribution is -1.93. The van der Waals surface area contributed by atoms with Gasteiger partial charge < -0.3 is 5.73 Å². The molecule has 60 valence electrons. The first-order valence-corrected chi connectivity index (χ1v) is 3.53. The van der Waals surface area contributed by atoms with Gasteiger partial charge in [0, 0.05) is 11.8 Å². The molecule has 3 nitrogen and oxygen atoms in total. The van der Waals surface area contributed by atoms with Gasteiger partial charge in [0.2, 0.25) is 0 Å². The second-order valence-electron chi connectivity index (χ2n) is 2.39. The van der Waals surface area contributed by atoms with Gasteiger partial charge in [-0.05, 0) is 25.1 Å². The van der Waals surface area contributed by atoms with Crippen molar-refractivity contribution in [1.29, 1.82) is 5.26 Å². The van der Waals surface area contributed by atoms with E-state index < -0.39 is 0 Å². The van der Waals surface area contributed by atoms with Crippen LogP contribution in [0.1, 0.15) is 11.4 Å². The predicted molar refractivity (Wildman–Crippen MR) is 48.0 cm³/mol. The van der Waals surface area contributed by atoms with Crippen molar-refractivity contribution in [3.63, 3.8) is 0 Å². The molecule has 0 aliphatic rings. The van der Waals surface area contributed by atoms with Gasteiger partial charge in [-0.2, -0.15) is 5.26 Å². The number of hydrogen-bond acceptors (Lipinski definition) is 3. The molecule has 0 aromatic carbocycles. The molecule has 0 amide bonds. The Morgan fingerprint density at radius 3 is 3.00 bits per heavy atom. The van der Waals surface area contributed by atoms with E-state index in [0.29, 0.717) is 11.4 Å². The Bertz CT molecular complexity index is 347. The van der Waals surface area contributed by atoms with Crippen LogP contribution in [-0.4, -0.2) is 4.98 Å². The molecule has 0 atom stereocenters. The molecule has 0 saturated carbocycles. The Kier molecular flexibility index (Phi) is 2.44. The second-order valence-corrected chi connectivity index (χ2v) is 2.39. The maximum atomic E-state index is 8.28. The van der Waals surface area contributed by atoms with E-state index in [2.05, 4.69) is 4.98 Å². The number of hydrogen-bond donors (Lipinski definition) is 1. The third-order valence-corrected chi connectivity index (χ3v) is 1.41. The van der Waals surface area contributed by atoms with Crippen molar-refractivity contribution < 1.29 is 0 Å². The Balaban J connectivity index is 3.07. The summed E-state index contributed by atoms with van der Waals surface area (Å²) in [5.41, 5.74) is 7.74. The third kappa shape index (κ3) is 1.83. The fraction of sp³-hybridized carbons (Fsp3) is 0.111. The number of aryl methyl sites for hydroxylation is 1. The molecule has 1 aromatic heterocycles. The van der Waals surface area contributed by atoms with Crippen molar-refractivity contribution in [3.05, 3.63) is 29.6 Å². The van der Waals surface area contributed by atoms with E-state index in [1.54, 1.807) is 12.1 Å². The first-order valence-electron chi connectivity index (χ1n) is 3.53. The zero-order valence-corrected chi connectivity index (χ0v) is 6.78. The Labute approximate surface area is 71.2 Å². The molecule has 0 aliphatic heterocycles. The van der Waals surface area contributed by atoms with E-state index in [1.807, 2.05) is 19.1 Å². The summed E-state index contributed by atoms with van der Waals surface area (Å²) in [7, 11) is 0. The van der Waals surface area contributed by atoms with Gasteiger partial charge in [-0.3, -0.25) is 4.98 Å². The summed E-state index contributed by atoms with van der Waals surface area (Å²) in [6.45, 7) is 1.88. The molecule has 0 radical (unpaired) electrons. The molecule has 0 unspecified atom stereocenters. The topological polar surface area (TPSA) is 62.7 Å². The fourth-order valence-electron chi connectivity index (χ4n) is 0.837. The highest BCUT2D eigenvalue weighted by Gasteiger charge is 1.95. The van der Waals surface area contributed by atoms with Crippen LogP contribution in [-0.2, 0) is 0 Å². The summed E-state index contributed by atoms with van der Waals surface area (Å²) in [5, 5.41) is 8.28. The molecular weight excluding hydrogens is 150 g/mol. The van der Waals surface area contributed by atoms with Gasteiger partial charge in [-0.15, -0.1) is 0 Å². The van der Waals surface area contributed by atoms with Crippen LogP contribution in [0.5, 0.6) is 0 Å². The lowest BCUT2D eigenvalue weighted by atomic mass is 10.2. The number of nitriles is 1. The smallest absolute Gasteiger partial charge is 0.0912 e. The Morgan fingerprint density at radius 1 is 1.58 bits per heavy atom. The zero-order valence-electron chi connectivity index (χ0n) is 6.78. The fourth-order valence-corrected chi connectivity index (χ4v) is 0.837. The molecule has 0 fully saturated rings. The van der Waals surface area contributed by atoms with E-state index in [1.165, 1.54) is 6.08 Å². The average Bonchev–Trinajstić information content (AvgIpc) is 2.07. The molecule has 1 rings (SSSR count). The lowest BCUT2D eigenvalue weighted by Gasteiger charge is -1.98. The van der Waals surface area contributed by atoms with Crippen LogP contribution in [0.3, 0.4) is 0 Å². The van der Waals surface area contributed by atoms with Crippen LogP contribution < -0.4 is 5.73 Å². The Morgan fingerprint density at radius 2 is 2.33 bits per heavy atom. The molecule has 1 aromatic rings. The number of anilines is 1. The van der Waals surface area contributed by atoms with Crippen LogP contribution in [0.15, 0.2) is 18.2 Å². The van der Waals surface area contributed by atoms with Crippen LogP contribution in [0.4, 0.5) is 5.69 Å². The minimum atomic E-state index is 0.590. The van der Waals surface area contributed by atoms with Gasteiger partial charge in [-0.1, -0.05) is 0 Å². The number of nitrogens with two attached hydrogens (primary N) is 1. The monoisotopic (exact) mass is 159 g/mol. The summed E-state index contributed by atoms with van der Waals surface area (Å²) < 4.78 is 0. The van der Waals surface area contributed by atoms with E-state index >= 15 is 0 Å². The first-order chi connectivity index (χ1) is 5.74. The normalized spacial score (nSPS) is 10.0. The summed E-state index contributed by atoms with van der Waals surface area (Å²) in [6, 6.07) is 5.50. The molecule has 2 N–H and O–H groups in total. The van der Waals surface area contributed by atoms with Gasteiger partial charge in [0.15, 0.2) is 0 Å². The van der Waals surface area contributed by atoms with E-state index in [9.17, 15) is 0 Å². The third-order valence-electron chi connectivity index (χ3n) is 1.41. The lowest BCUT2D eigenvalue weighted by molar-refractivity contribution is 1.18. The quantitative estimate of drug-likeness (QED) is 0.632. The Hall–Kier alpha value is -1.82. The van der Waals surface area contributed by atoms with Gasteiger partial charge in [0.25, 0.3) is 0 Å². The highest BCUT2D eigenvalue weighted by Crippen LogP contribution is 2.10. The number of pyridine rings is 1. The molecule has 0 spiro atoms. The maximum Gasteiger partial charge on any atom is 0.0912 e. The van der Waals surface area contributed by atoms with Crippen molar-refractivity contribution in [2.75, 3.05) is 5.73 Å².